The fourth-order valence-corrected chi connectivity index (χ4v) is 6.38. The van der Waals surface area contributed by atoms with Crippen LogP contribution < -0.4 is 4.90 Å². The fourth-order valence-electron chi connectivity index (χ4n) is 3.35. The maximum absolute atomic E-state index is 5.61. The van der Waals surface area contributed by atoms with Crippen molar-refractivity contribution in [3.05, 3.63) is 23.4 Å². The van der Waals surface area contributed by atoms with E-state index in [1.54, 1.807) is 11.5 Å². The number of fused-ring (bicyclic) bond motifs is 1. The number of pyridine rings is 1. The summed E-state index contributed by atoms with van der Waals surface area (Å²) in [4.78, 5) is 7.44. The van der Waals surface area contributed by atoms with Crippen molar-refractivity contribution in [3.63, 3.8) is 0 Å². The molecule has 0 aliphatic carbocycles. The van der Waals surface area contributed by atoms with Crippen LogP contribution in [0.15, 0.2) is 12.1 Å². The van der Waals surface area contributed by atoms with Gasteiger partial charge in [-0.2, -0.15) is 21.2 Å². The topological polar surface area (TPSA) is 56.1 Å². The number of hydrogen-bond acceptors (Lipinski definition) is 7. The molecule has 6 nitrogen and oxygen atoms in total. The highest BCUT2D eigenvalue weighted by Crippen LogP contribution is 2.38. The van der Waals surface area contributed by atoms with Crippen LogP contribution in [-0.2, 0) is 10.5 Å². The van der Waals surface area contributed by atoms with E-state index in [2.05, 4.69) is 57.4 Å². The van der Waals surface area contributed by atoms with E-state index in [4.69, 9.17) is 14.1 Å². The second-order valence-electron chi connectivity index (χ2n) is 6.57. The Balaban J connectivity index is 1.89. The molecule has 1 fully saturated rings. The van der Waals surface area contributed by atoms with E-state index in [0.717, 1.165) is 53.9 Å². The Morgan fingerprint density at radius 3 is 3.04 bits per heavy atom. The molecular weight excluding hydrogens is 512 g/mol. The molecular formula is C17H21IN5OPS2. The van der Waals surface area contributed by atoms with Gasteiger partial charge in [-0.15, -0.1) is 0 Å². The van der Waals surface area contributed by atoms with Gasteiger partial charge in [0.25, 0.3) is 0 Å². The Labute approximate surface area is 181 Å². The Kier molecular flexibility index (Phi) is 6.23. The summed E-state index contributed by atoms with van der Waals surface area (Å²) in [5, 5.41) is 4.60. The lowest BCUT2D eigenvalue weighted by molar-refractivity contribution is 0.0985. The van der Waals surface area contributed by atoms with Gasteiger partial charge in [0.05, 0.1) is 41.7 Å². The van der Waals surface area contributed by atoms with Gasteiger partial charge in [-0.05, 0) is 71.4 Å². The van der Waals surface area contributed by atoms with E-state index in [1.807, 2.05) is 23.1 Å². The first-order valence-electron chi connectivity index (χ1n) is 8.68. The number of anilines is 1. The second-order valence-corrected chi connectivity index (χ2v) is 10.2. The minimum atomic E-state index is 0.324. The normalized spacial score (nSPS) is 18.2. The van der Waals surface area contributed by atoms with Crippen LogP contribution in [0.1, 0.15) is 18.2 Å². The number of aryl methyl sites for hydroxylation is 1. The van der Waals surface area contributed by atoms with Crippen molar-refractivity contribution in [1.29, 1.82) is 0 Å². The van der Waals surface area contributed by atoms with Crippen LogP contribution in [0.3, 0.4) is 0 Å². The Morgan fingerprint density at radius 1 is 1.44 bits per heavy atom. The number of thioether (sulfide) groups is 1. The van der Waals surface area contributed by atoms with Crippen molar-refractivity contribution in [2.75, 3.05) is 30.9 Å². The number of morpholine rings is 1. The molecule has 3 aromatic heterocycles. The monoisotopic (exact) mass is 533 g/mol. The van der Waals surface area contributed by atoms with Crippen LogP contribution in [0.2, 0.25) is 0 Å². The van der Waals surface area contributed by atoms with Crippen LogP contribution in [0, 0.1) is 6.92 Å². The molecule has 0 aromatic carbocycles. The lowest BCUT2D eigenvalue weighted by atomic mass is 10.1. The van der Waals surface area contributed by atoms with Gasteiger partial charge < -0.3 is 9.64 Å². The highest BCUT2D eigenvalue weighted by molar-refractivity contribution is 14.2. The fraction of sp³-hybridized carbons (Fsp3) is 0.471. The molecule has 1 aliphatic heterocycles. The van der Waals surface area contributed by atoms with Crippen LogP contribution >= 0.6 is 51.7 Å². The van der Waals surface area contributed by atoms with Gasteiger partial charge in [-0.1, -0.05) is 0 Å². The van der Waals surface area contributed by atoms with Gasteiger partial charge in [0.15, 0.2) is 0 Å². The van der Waals surface area contributed by atoms with Gasteiger partial charge in [0.2, 0.25) is 0 Å². The highest BCUT2D eigenvalue weighted by atomic mass is 127. The SMILES string of the molecule is CSCc1cc(N2CCOC[C@H]2C)nc2c(-c3cc(C)nn3PI)nsc12. The maximum Gasteiger partial charge on any atom is 0.130 e. The first-order chi connectivity index (χ1) is 13.1. The summed E-state index contributed by atoms with van der Waals surface area (Å²) in [6, 6.07) is 4.68. The number of hydrogen-bond donors (Lipinski definition) is 0. The number of halogens is 1. The van der Waals surface area contributed by atoms with E-state index in [-0.39, 0.29) is 0 Å². The molecule has 144 valence electrons. The van der Waals surface area contributed by atoms with E-state index in [0.29, 0.717) is 12.4 Å². The summed E-state index contributed by atoms with van der Waals surface area (Å²) in [7, 11) is 0. The molecule has 4 rings (SSSR count). The molecule has 1 saturated heterocycles. The Morgan fingerprint density at radius 2 is 2.30 bits per heavy atom. The molecule has 0 radical (unpaired) electrons. The van der Waals surface area contributed by atoms with Crippen LogP contribution in [0.25, 0.3) is 21.6 Å². The van der Waals surface area contributed by atoms with Gasteiger partial charge in [0, 0.05) is 12.3 Å². The summed E-state index contributed by atoms with van der Waals surface area (Å²) >= 11 is 5.75. The number of ether oxygens (including phenoxy) is 1. The quantitative estimate of drug-likeness (QED) is 0.349. The second kappa shape index (κ2) is 8.49. The number of nitrogens with zero attached hydrogens (tertiary/aromatic N) is 5. The molecule has 0 N–H and O–H groups in total. The van der Waals surface area contributed by atoms with E-state index in [9.17, 15) is 0 Å². The molecule has 1 aliphatic rings. The van der Waals surface area contributed by atoms with Crippen LogP contribution in [-0.4, -0.2) is 51.0 Å². The average Bonchev–Trinajstić information content (AvgIpc) is 3.25. The lowest BCUT2D eigenvalue weighted by Crippen LogP contribution is -2.44. The third-order valence-electron chi connectivity index (χ3n) is 4.60. The summed E-state index contributed by atoms with van der Waals surface area (Å²) in [6.45, 7) is 6.59. The van der Waals surface area contributed by atoms with Gasteiger partial charge in [0.1, 0.15) is 17.0 Å². The van der Waals surface area contributed by atoms with E-state index >= 15 is 0 Å². The molecule has 4 heterocycles. The van der Waals surface area contributed by atoms with Gasteiger partial charge in [-0.3, -0.25) is 0 Å². The third kappa shape index (κ3) is 3.85. The molecule has 3 aromatic rings. The zero-order valence-electron chi connectivity index (χ0n) is 15.4. The highest BCUT2D eigenvalue weighted by Gasteiger charge is 2.24. The Bertz CT molecular complexity index is 962. The number of rotatable bonds is 5. The van der Waals surface area contributed by atoms with Crippen molar-refractivity contribution in [3.8, 4) is 11.4 Å². The molecule has 27 heavy (non-hydrogen) atoms. The minimum absolute atomic E-state index is 0.324. The van der Waals surface area contributed by atoms with Gasteiger partial charge in [-0.25, -0.2) is 9.44 Å². The molecule has 10 heteroatoms. The first kappa shape index (κ1) is 19.8. The van der Waals surface area contributed by atoms with Crippen molar-refractivity contribution in [2.45, 2.75) is 25.6 Å². The molecule has 0 saturated carbocycles. The van der Waals surface area contributed by atoms with Gasteiger partial charge >= 0.3 is 0 Å². The maximum atomic E-state index is 5.61. The smallest absolute Gasteiger partial charge is 0.130 e. The zero-order chi connectivity index (χ0) is 19.0. The van der Waals surface area contributed by atoms with Crippen LogP contribution in [0.5, 0.6) is 0 Å². The van der Waals surface area contributed by atoms with Crippen molar-refractivity contribution < 1.29 is 4.74 Å². The van der Waals surface area contributed by atoms with Crippen LogP contribution in [0.4, 0.5) is 5.82 Å². The van der Waals surface area contributed by atoms with Crippen molar-refractivity contribution in [2.24, 2.45) is 0 Å². The number of aromatic nitrogens is 4. The zero-order valence-corrected chi connectivity index (χ0v) is 20.2. The largest absolute Gasteiger partial charge is 0.377 e. The Hall–Kier alpha value is -0.480. The summed E-state index contributed by atoms with van der Waals surface area (Å²) in [5.74, 6) is 1.99. The molecule has 0 amide bonds. The van der Waals surface area contributed by atoms with E-state index in [1.165, 1.54) is 10.3 Å². The minimum Gasteiger partial charge on any atom is -0.377 e. The predicted molar refractivity (Wildman–Crippen MR) is 126 cm³/mol. The molecule has 2 atom stereocenters. The third-order valence-corrected chi connectivity index (χ3v) is 7.99. The van der Waals surface area contributed by atoms with E-state index < -0.39 is 0 Å². The summed E-state index contributed by atoms with van der Waals surface area (Å²) in [6.07, 6.45) is 2.68. The average molecular weight is 533 g/mol. The lowest BCUT2D eigenvalue weighted by Gasteiger charge is -2.34. The molecule has 0 spiro atoms. The van der Waals surface area contributed by atoms with Crippen molar-refractivity contribution >= 4 is 67.7 Å². The molecule has 1 unspecified atom stereocenters. The summed E-state index contributed by atoms with van der Waals surface area (Å²) < 4.78 is 13.6. The molecule has 0 bridgehead atoms. The standard InChI is InChI=1S/C17H21IN5OPS2/c1-10-6-13(23(20-10)25-18)15-16-17(27-21-15)12(9-26-3)7-14(19-16)22-4-5-24-8-11(22)2/h6-7,11,25H,4-5,8-9H2,1-3H3/t11-/m1/s1. The first-order valence-corrected chi connectivity index (χ1v) is 14.9. The predicted octanol–water partition coefficient (Wildman–Crippen LogP) is 4.74. The summed E-state index contributed by atoms with van der Waals surface area (Å²) in [5.41, 5.74) is 5.32. The van der Waals surface area contributed by atoms with Crippen molar-refractivity contribution in [1.82, 2.24) is 18.9 Å².